The minimum absolute atomic E-state index is 0.327. The van der Waals surface area contributed by atoms with E-state index in [-0.39, 0.29) is 5.97 Å². The van der Waals surface area contributed by atoms with E-state index < -0.39 is 5.54 Å². The molecule has 1 aromatic carbocycles. The zero-order valence-electron chi connectivity index (χ0n) is 11.8. The summed E-state index contributed by atoms with van der Waals surface area (Å²) in [5, 5.41) is 2.71. The normalized spacial score (nSPS) is 11.4. The van der Waals surface area contributed by atoms with Gasteiger partial charge in [0.25, 0.3) is 0 Å². The fourth-order valence-electron chi connectivity index (χ4n) is 1.75. The number of thiazole rings is 1. The van der Waals surface area contributed by atoms with Gasteiger partial charge in [-0.25, -0.2) is 9.78 Å². The summed E-state index contributed by atoms with van der Waals surface area (Å²) in [5.74, 6) is -0.327. The van der Waals surface area contributed by atoms with Gasteiger partial charge >= 0.3 is 5.97 Å². The number of hydrogen-bond acceptors (Lipinski definition) is 5. The van der Waals surface area contributed by atoms with Gasteiger partial charge in [0, 0.05) is 10.9 Å². The minimum atomic E-state index is -0.492. The number of esters is 1. The van der Waals surface area contributed by atoms with Crippen LogP contribution in [-0.4, -0.2) is 17.6 Å². The topological polar surface area (TPSA) is 65.2 Å². The molecule has 5 heteroatoms. The molecule has 0 unspecified atom stereocenters. The van der Waals surface area contributed by atoms with Gasteiger partial charge in [-0.2, -0.15) is 0 Å². The molecule has 0 amide bonds. The number of carbonyl (C=O) groups is 1. The molecule has 0 radical (unpaired) electrons. The van der Waals surface area contributed by atoms with Crippen molar-refractivity contribution >= 4 is 17.3 Å². The lowest BCUT2D eigenvalue weighted by Crippen LogP contribution is -2.28. The van der Waals surface area contributed by atoms with Gasteiger partial charge in [-0.15, -0.1) is 11.3 Å². The average molecular weight is 290 g/mol. The first-order chi connectivity index (χ1) is 9.43. The molecule has 4 nitrogen and oxygen atoms in total. The predicted molar refractivity (Wildman–Crippen MR) is 80.7 cm³/mol. The molecule has 2 rings (SSSR count). The molecular weight excluding hydrogens is 272 g/mol. The number of ether oxygens (including phenoxy) is 1. The van der Waals surface area contributed by atoms with Gasteiger partial charge in [0.05, 0.1) is 23.4 Å². The van der Waals surface area contributed by atoms with E-state index in [1.165, 1.54) is 11.3 Å². The number of nitrogens with two attached hydrogens (primary N) is 1. The maximum Gasteiger partial charge on any atom is 0.338 e. The van der Waals surface area contributed by atoms with Crippen molar-refractivity contribution in [2.24, 2.45) is 5.73 Å². The van der Waals surface area contributed by atoms with Gasteiger partial charge in [0.1, 0.15) is 5.01 Å². The summed E-state index contributed by atoms with van der Waals surface area (Å²) in [4.78, 5) is 16.5. The van der Waals surface area contributed by atoms with Crippen LogP contribution in [0.5, 0.6) is 0 Å². The van der Waals surface area contributed by atoms with Crippen molar-refractivity contribution in [2.45, 2.75) is 26.3 Å². The third kappa shape index (κ3) is 3.05. The molecule has 0 saturated heterocycles. The van der Waals surface area contributed by atoms with Crippen LogP contribution in [0.4, 0.5) is 0 Å². The van der Waals surface area contributed by atoms with Crippen LogP contribution in [0.3, 0.4) is 0 Å². The summed E-state index contributed by atoms with van der Waals surface area (Å²) in [6, 6.07) is 7.32. The Morgan fingerprint density at radius 3 is 2.70 bits per heavy atom. The van der Waals surface area contributed by atoms with Gasteiger partial charge in [0.2, 0.25) is 0 Å². The van der Waals surface area contributed by atoms with Crippen molar-refractivity contribution in [1.82, 2.24) is 4.98 Å². The highest BCUT2D eigenvalue weighted by Crippen LogP contribution is 2.30. The molecule has 1 heterocycles. The number of hydrogen-bond donors (Lipinski definition) is 1. The Kier molecular flexibility index (Phi) is 4.20. The standard InChI is InChI=1S/C15H18N2O2S/c1-4-19-14(18)11-8-6-5-7-10(11)13-17-12(9-20-13)15(2,3)16/h5-9H,4,16H2,1-3H3. The molecule has 1 aromatic heterocycles. The zero-order valence-corrected chi connectivity index (χ0v) is 12.7. The zero-order chi connectivity index (χ0) is 14.8. The van der Waals surface area contributed by atoms with Crippen molar-refractivity contribution in [3.8, 4) is 10.6 Å². The second-order valence-corrected chi connectivity index (χ2v) is 5.88. The van der Waals surface area contributed by atoms with Crippen molar-refractivity contribution < 1.29 is 9.53 Å². The number of benzene rings is 1. The SMILES string of the molecule is CCOC(=O)c1ccccc1-c1nc(C(C)(C)N)cs1. The summed E-state index contributed by atoms with van der Waals surface area (Å²) >= 11 is 1.48. The Hall–Kier alpha value is -1.72. The molecule has 20 heavy (non-hydrogen) atoms. The lowest BCUT2D eigenvalue weighted by molar-refractivity contribution is 0.0527. The van der Waals surface area contributed by atoms with E-state index in [4.69, 9.17) is 10.5 Å². The smallest absolute Gasteiger partial charge is 0.338 e. The molecule has 0 spiro atoms. The Morgan fingerprint density at radius 1 is 1.40 bits per heavy atom. The Morgan fingerprint density at radius 2 is 2.10 bits per heavy atom. The maximum absolute atomic E-state index is 12.0. The van der Waals surface area contributed by atoms with E-state index in [9.17, 15) is 4.79 Å². The first-order valence-electron chi connectivity index (χ1n) is 6.45. The molecule has 0 aliphatic rings. The highest BCUT2D eigenvalue weighted by atomic mass is 32.1. The maximum atomic E-state index is 12.0. The first kappa shape index (κ1) is 14.7. The number of rotatable bonds is 4. The van der Waals surface area contributed by atoms with Crippen LogP contribution in [0.15, 0.2) is 29.6 Å². The van der Waals surface area contributed by atoms with Crippen LogP contribution >= 0.6 is 11.3 Å². The van der Waals surface area contributed by atoms with Gasteiger partial charge in [-0.1, -0.05) is 18.2 Å². The summed E-state index contributed by atoms with van der Waals surface area (Å²) in [7, 11) is 0. The molecule has 106 valence electrons. The van der Waals surface area contributed by atoms with Crippen LogP contribution in [0.2, 0.25) is 0 Å². The van der Waals surface area contributed by atoms with E-state index in [0.717, 1.165) is 16.3 Å². The highest BCUT2D eigenvalue weighted by molar-refractivity contribution is 7.13. The van der Waals surface area contributed by atoms with Crippen LogP contribution < -0.4 is 5.73 Å². The Balaban J connectivity index is 2.43. The van der Waals surface area contributed by atoms with E-state index in [2.05, 4.69) is 4.98 Å². The predicted octanol–water partition coefficient (Wildman–Crippen LogP) is 3.18. The van der Waals surface area contributed by atoms with Gasteiger partial charge in [0.15, 0.2) is 0 Å². The fourth-order valence-corrected chi connectivity index (χ4v) is 2.79. The van der Waals surface area contributed by atoms with Crippen molar-refractivity contribution in [1.29, 1.82) is 0 Å². The Labute approximate surface area is 122 Å². The number of aromatic nitrogens is 1. The van der Waals surface area contributed by atoms with E-state index in [1.54, 1.807) is 13.0 Å². The summed E-state index contributed by atoms with van der Waals surface area (Å²) in [6.07, 6.45) is 0. The van der Waals surface area contributed by atoms with Crippen LogP contribution in [0.1, 0.15) is 36.8 Å². The lowest BCUT2D eigenvalue weighted by Gasteiger charge is -2.14. The monoisotopic (exact) mass is 290 g/mol. The molecule has 2 aromatic rings. The second-order valence-electron chi connectivity index (χ2n) is 5.03. The largest absolute Gasteiger partial charge is 0.462 e. The molecule has 0 aliphatic heterocycles. The van der Waals surface area contributed by atoms with Gasteiger partial charge < -0.3 is 10.5 Å². The Bertz CT molecular complexity index is 614. The molecule has 0 saturated carbocycles. The van der Waals surface area contributed by atoms with E-state index >= 15 is 0 Å². The first-order valence-corrected chi connectivity index (χ1v) is 7.33. The van der Waals surface area contributed by atoms with E-state index in [1.807, 2.05) is 37.4 Å². The number of carbonyl (C=O) groups excluding carboxylic acids is 1. The average Bonchev–Trinajstić information content (AvgIpc) is 2.88. The van der Waals surface area contributed by atoms with Crippen LogP contribution in [-0.2, 0) is 10.3 Å². The van der Waals surface area contributed by atoms with Crippen LogP contribution in [0.25, 0.3) is 10.6 Å². The molecule has 2 N–H and O–H groups in total. The molecule has 0 atom stereocenters. The highest BCUT2D eigenvalue weighted by Gasteiger charge is 2.21. The van der Waals surface area contributed by atoms with Gasteiger partial charge in [-0.05, 0) is 26.8 Å². The minimum Gasteiger partial charge on any atom is -0.462 e. The quantitative estimate of drug-likeness (QED) is 0.878. The van der Waals surface area contributed by atoms with E-state index in [0.29, 0.717) is 12.2 Å². The summed E-state index contributed by atoms with van der Waals surface area (Å²) < 4.78 is 5.08. The number of nitrogens with zero attached hydrogens (tertiary/aromatic N) is 1. The molecule has 0 fully saturated rings. The fraction of sp³-hybridized carbons (Fsp3) is 0.333. The summed E-state index contributed by atoms with van der Waals surface area (Å²) in [6.45, 7) is 5.96. The van der Waals surface area contributed by atoms with Crippen LogP contribution in [0, 0.1) is 0 Å². The van der Waals surface area contributed by atoms with Crippen molar-refractivity contribution in [2.75, 3.05) is 6.61 Å². The molecule has 0 bridgehead atoms. The third-order valence-electron chi connectivity index (χ3n) is 2.82. The third-order valence-corrected chi connectivity index (χ3v) is 3.69. The van der Waals surface area contributed by atoms with Gasteiger partial charge in [-0.3, -0.25) is 0 Å². The molecular formula is C15H18N2O2S. The molecule has 0 aliphatic carbocycles. The lowest BCUT2D eigenvalue weighted by atomic mass is 10.0. The second kappa shape index (κ2) is 5.73. The van der Waals surface area contributed by atoms with Crippen molar-refractivity contribution in [3.63, 3.8) is 0 Å². The van der Waals surface area contributed by atoms with Crippen molar-refractivity contribution in [3.05, 3.63) is 40.9 Å². The summed E-state index contributed by atoms with van der Waals surface area (Å²) in [5.41, 5.74) is 7.69.